The maximum atomic E-state index is 12.1. The Balaban J connectivity index is 1.86. The fraction of sp³-hybridized carbons (Fsp3) is 0.250. The Morgan fingerprint density at radius 3 is 2.95 bits per heavy atom. The first-order chi connectivity index (χ1) is 10.5. The van der Waals surface area contributed by atoms with Gasteiger partial charge in [0, 0.05) is 24.0 Å². The van der Waals surface area contributed by atoms with Crippen LogP contribution in [0.25, 0.3) is 11.6 Å². The highest BCUT2D eigenvalue weighted by molar-refractivity contribution is 7.18. The van der Waals surface area contributed by atoms with Crippen LogP contribution in [0.3, 0.4) is 0 Å². The number of carbonyl (C=O) groups excluding carboxylic acids is 2. The van der Waals surface area contributed by atoms with Gasteiger partial charge in [0.25, 0.3) is 11.8 Å². The third-order valence-corrected chi connectivity index (χ3v) is 4.36. The lowest BCUT2D eigenvalue weighted by molar-refractivity contribution is -0.110. The van der Waals surface area contributed by atoms with Crippen molar-refractivity contribution in [2.24, 2.45) is 5.92 Å². The summed E-state index contributed by atoms with van der Waals surface area (Å²) in [5.74, 6) is 0.172. The Bertz CT molecular complexity index is 742. The standard InChI is InChI=1S/C16H17N3O2S/c1-9(2)8-18-15(21)13-7-12-11(6-10-4-3-5-17-10)14(20)19-16(12)22-13/h3-7,9,17H,8H2,1-2H3,(H,18,21)(H,19,20). The van der Waals surface area contributed by atoms with E-state index in [1.165, 1.54) is 11.3 Å². The van der Waals surface area contributed by atoms with Gasteiger partial charge in [-0.1, -0.05) is 13.8 Å². The molecule has 2 aromatic heterocycles. The average molecular weight is 315 g/mol. The van der Waals surface area contributed by atoms with Crippen molar-refractivity contribution in [3.63, 3.8) is 0 Å². The number of amides is 2. The zero-order chi connectivity index (χ0) is 15.7. The monoisotopic (exact) mass is 315 g/mol. The summed E-state index contributed by atoms with van der Waals surface area (Å²) < 4.78 is 0. The number of aromatic amines is 1. The maximum Gasteiger partial charge on any atom is 0.261 e. The minimum atomic E-state index is -0.134. The molecule has 0 atom stereocenters. The molecule has 0 unspecified atom stereocenters. The molecule has 22 heavy (non-hydrogen) atoms. The Hall–Kier alpha value is -2.34. The minimum absolute atomic E-state index is 0.0958. The van der Waals surface area contributed by atoms with Crippen molar-refractivity contribution < 1.29 is 9.59 Å². The molecule has 0 aliphatic carbocycles. The van der Waals surface area contributed by atoms with E-state index in [4.69, 9.17) is 0 Å². The number of nitrogens with one attached hydrogen (secondary N) is 3. The molecule has 0 fully saturated rings. The lowest BCUT2D eigenvalue weighted by atomic mass is 10.1. The van der Waals surface area contributed by atoms with Gasteiger partial charge in [0.15, 0.2) is 0 Å². The molecule has 3 N–H and O–H groups in total. The first-order valence-electron chi connectivity index (χ1n) is 7.13. The second kappa shape index (κ2) is 5.81. The van der Waals surface area contributed by atoms with Gasteiger partial charge in [-0.3, -0.25) is 9.59 Å². The lowest BCUT2D eigenvalue weighted by Crippen LogP contribution is -2.26. The van der Waals surface area contributed by atoms with Gasteiger partial charge in [-0.15, -0.1) is 11.3 Å². The lowest BCUT2D eigenvalue weighted by Gasteiger charge is -2.05. The van der Waals surface area contributed by atoms with E-state index in [1.807, 2.05) is 26.0 Å². The van der Waals surface area contributed by atoms with E-state index in [0.717, 1.165) is 16.3 Å². The summed E-state index contributed by atoms with van der Waals surface area (Å²) in [6.45, 7) is 4.73. The number of rotatable bonds is 4. The highest BCUT2D eigenvalue weighted by Crippen LogP contribution is 2.39. The Labute approximate surface area is 132 Å². The molecular weight excluding hydrogens is 298 g/mol. The SMILES string of the molecule is CC(C)CNC(=O)c1cc2c(s1)NC(=O)C2=Cc1ccc[nH]1. The topological polar surface area (TPSA) is 74.0 Å². The van der Waals surface area contributed by atoms with Crippen LogP contribution in [-0.4, -0.2) is 23.3 Å². The van der Waals surface area contributed by atoms with E-state index >= 15 is 0 Å². The first kappa shape index (κ1) is 14.6. The van der Waals surface area contributed by atoms with Gasteiger partial charge in [-0.2, -0.15) is 0 Å². The van der Waals surface area contributed by atoms with Gasteiger partial charge in [0.05, 0.1) is 10.5 Å². The van der Waals surface area contributed by atoms with Gasteiger partial charge in [-0.25, -0.2) is 0 Å². The second-order valence-corrected chi connectivity index (χ2v) is 6.65. The molecule has 5 nitrogen and oxygen atoms in total. The largest absolute Gasteiger partial charge is 0.362 e. The van der Waals surface area contributed by atoms with Crippen molar-refractivity contribution >= 4 is 39.8 Å². The van der Waals surface area contributed by atoms with Crippen LogP contribution in [0.2, 0.25) is 0 Å². The number of H-pyrrole nitrogens is 1. The molecule has 0 bridgehead atoms. The normalized spacial score (nSPS) is 15.2. The van der Waals surface area contributed by atoms with E-state index in [2.05, 4.69) is 15.6 Å². The number of hydrogen-bond acceptors (Lipinski definition) is 3. The van der Waals surface area contributed by atoms with Crippen LogP contribution < -0.4 is 10.6 Å². The van der Waals surface area contributed by atoms with E-state index in [9.17, 15) is 9.59 Å². The van der Waals surface area contributed by atoms with Crippen LogP contribution in [0.15, 0.2) is 24.4 Å². The van der Waals surface area contributed by atoms with Crippen molar-refractivity contribution in [2.45, 2.75) is 13.8 Å². The quantitative estimate of drug-likeness (QED) is 0.759. The smallest absolute Gasteiger partial charge is 0.261 e. The summed E-state index contributed by atoms with van der Waals surface area (Å²) in [5, 5.41) is 6.44. The number of hydrogen-bond donors (Lipinski definition) is 3. The van der Waals surface area contributed by atoms with Crippen LogP contribution in [0, 0.1) is 5.92 Å². The van der Waals surface area contributed by atoms with Gasteiger partial charge >= 0.3 is 0 Å². The Kier molecular flexibility index (Phi) is 3.85. The van der Waals surface area contributed by atoms with Gasteiger partial charge in [0.1, 0.15) is 5.00 Å². The molecule has 2 aromatic rings. The highest BCUT2D eigenvalue weighted by atomic mass is 32.1. The maximum absolute atomic E-state index is 12.1. The highest BCUT2D eigenvalue weighted by Gasteiger charge is 2.28. The van der Waals surface area contributed by atoms with Gasteiger partial charge in [-0.05, 0) is 30.2 Å². The third kappa shape index (κ3) is 2.82. The fourth-order valence-electron chi connectivity index (χ4n) is 2.21. The molecule has 6 heteroatoms. The summed E-state index contributed by atoms with van der Waals surface area (Å²) in [6.07, 6.45) is 3.60. The first-order valence-corrected chi connectivity index (χ1v) is 7.95. The molecular formula is C16H17N3O2S. The molecule has 0 saturated heterocycles. The van der Waals surface area contributed by atoms with Crippen molar-refractivity contribution in [1.82, 2.24) is 10.3 Å². The number of carbonyl (C=O) groups is 2. The summed E-state index contributed by atoms with van der Waals surface area (Å²) in [4.78, 5) is 27.8. The van der Waals surface area contributed by atoms with Crippen LogP contribution in [0.5, 0.6) is 0 Å². The number of anilines is 1. The van der Waals surface area contributed by atoms with E-state index in [1.54, 1.807) is 18.3 Å². The molecule has 0 radical (unpaired) electrons. The molecule has 1 aliphatic heterocycles. The minimum Gasteiger partial charge on any atom is -0.362 e. The van der Waals surface area contributed by atoms with Crippen LogP contribution >= 0.6 is 11.3 Å². The number of aromatic nitrogens is 1. The summed E-state index contributed by atoms with van der Waals surface area (Å²) in [7, 11) is 0. The molecule has 114 valence electrons. The van der Waals surface area contributed by atoms with E-state index in [-0.39, 0.29) is 11.8 Å². The van der Waals surface area contributed by atoms with Crippen LogP contribution in [-0.2, 0) is 4.79 Å². The summed E-state index contributed by atoms with van der Waals surface area (Å²) >= 11 is 1.31. The molecule has 1 aliphatic rings. The van der Waals surface area contributed by atoms with Crippen molar-refractivity contribution in [3.8, 4) is 0 Å². The van der Waals surface area contributed by atoms with Gasteiger partial charge in [0.2, 0.25) is 0 Å². The van der Waals surface area contributed by atoms with Gasteiger partial charge < -0.3 is 15.6 Å². The molecule has 2 amide bonds. The van der Waals surface area contributed by atoms with Crippen molar-refractivity contribution in [2.75, 3.05) is 11.9 Å². The fourth-order valence-corrected chi connectivity index (χ4v) is 3.19. The zero-order valence-electron chi connectivity index (χ0n) is 12.4. The molecule has 0 spiro atoms. The molecule has 3 heterocycles. The van der Waals surface area contributed by atoms with E-state index in [0.29, 0.717) is 22.9 Å². The van der Waals surface area contributed by atoms with Crippen LogP contribution in [0.1, 0.15) is 34.8 Å². The predicted molar refractivity (Wildman–Crippen MR) is 88.8 cm³/mol. The summed E-state index contributed by atoms with van der Waals surface area (Å²) in [5.41, 5.74) is 2.23. The third-order valence-electron chi connectivity index (χ3n) is 3.31. The zero-order valence-corrected chi connectivity index (χ0v) is 13.2. The Morgan fingerprint density at radius 2 is 2.27 bits per heavy atom. The molecule has 3 rings (SSSR count). The van der Waals surface area contributed by atoms with Crippen molar-refractivity contribution in [3.05, 3.63) is 40.5 Å². The van der Waals surface area contributed by atoms with E-state index < -0.39 is 0 Å². The predicted octanol–water partition coefficient (Wildman–Crippen LogP) is 2.95. The Morgan fingerprint density at radius 1 is 1.45 bits per heavy atom. The molecule has 0 aromatic carbocycles. The number of fused-ring (bicyclic) bond motifs is 1. The van der Waals surface area contributed by atoms with Crippen LogP contribution in [0.4, 0.5) is 5.00 Å². The second-order valence-electron chi connectivity index (χ2n) is 5.59. The average Bonchev–Trinajstić information content (AvgIpc) is 3.15. The molecule has 0 saturated carbocycles. The number of thiophene rings is 1. The summed E-state index contributed by atoms with van der Waals surface area (Å²) in [6, 6.07) is 5.54. The van der Waals surface area contributed by atoms with Crippen molar-refractivity contribution in [1.29, 1.82) is 0 Å².